The van der Waals surface area contributed by atoms with Crippen LogP contribution < -0.4 is 10.0 Å². The van der Waals surface area contributed by atoms with Gasteiger partial charge in [-0.05, 0) is 49.7 Å². The summed E-state index contributed by atoms with van der Waals surface area (Å²) in [6.07, 6.45) is 1.83. The van der Waals surface area contributed by atoms with E-state index in [-0.39, 0.29) is 5.75 Å². The highest BCUT2D eigenvalue weighted by Crippen LogP contribution is 2.15. The molecule has 0 amide bonds. The smallest absolute Gasteiger partial charge is 0.232 e. The highest BCUT2D eigenvalue weighted by molar-refractivity contribution is 7.92. The highest BCUT2D eigenvalue weighted by Gasteiger charge is 2.06. The average Bonchev–Trinajstić information content (AvgIpc) is 2.48. The van der Waals surface area contributed by atoms with E-state index in [1.54, 1.807) is 19.1 Å². The summed E-state index contributed by atoms with van der Waals surface area (Å²) in [6, 6.07) is 11.1. The molecule has 0 aliphatic heterocycles. The molecule has 0 aliphatic rings. The summed E-state index contributed by atoms with van der Waals surface area (Å²) in [4.78, 5) is 4.32. The minimum atomic E-state index is -3.23. The van der Waals surface area contributed by atoms with Crippen molar-refractivity contribution in [3.63, 3.8) is 0 Å². The molecule has 2 aromatic rings. The van der Waals surface area contributed by atoms with E-state index in [0.29, 0.717) is 12.2 Å². The molecule has 0 radical (unpaired) electrons. The largest absolute Gasteiger partial charge is 0.379 e. The number of hydrogen-bond donors (Lipinski definition) is 2. The van der Waals surface area contributed by atoms with Crippen LogP contribution >= 0.6 is 0 Å². The van der Waals surface area contributed by atoms with Crippen molar-refractivity contribution >= 4 is 21.4 Å². The van der Waals surface area contributed by atoms with Gasteiger partial charge < -0.3 is 5.32 Å². The highest BCUT2D eigenvalue weighted by atomic mass is 32.2. The van der Waals surface area contributed by atoms with Crippen LogP contribution in [-0.2, 0) is 16.6 Å². The predicted molar refractivity (Wildman–Crippen MR) is 85.8 cm³/mol. The van der Waals surface area contributed by atoms with Gasteiger partial charge in [0.2, 0.25) is 10.0 Å². The quantitative estimate of drug-likeness (QED) is 0.861. The Kier molecular flexibility index (Phi) is 4.80. The maximum atomic E-state index is 11.5. The molecular weight excluding hydrogens is 286 g/mol. The maximum absolute atomic E-state index is 11.5. The molecule has 0 fully saturated rings. The van der Waals surface area contributed by atoms with Crippen molar-refractivity contribution in [3.8, 4) is 0 Å². The summed E-state index contributed by atoms with van der Waals surface area (Å²) in [6.45, 7) is 4.23. The summed E-state index contributed by atoms with van der Waals surface area (Å²) in [5, 5.41) is 3.24. The molecule has 0 atom stereocenters. The Morgan fingerprint density at radius 2 is 1.71 bits per heavy atom. The molecule has 1 aromatic heterocycles. The van der Waals surface area contributed by atoms with Crippen LogP contribution in [0.2, 0.25) is 0 Å². The zero-order chi connectivity index (χ0) is 15.3. The molecule has 112 valence electrons. The van der Waals surface area contributed by atoms with E-state index in [4.69, 9.17) is 0 Å². The van der Waals surface area contributed by atoms with Gasteiger partial charge in [-0.3, -0.25) is 9.71 Å². The second kappa shape index (κ2) is 6.58. The van der Waals surface area contributed by atoms with E-state index in [1.165, 1.54) is 0 Å². The minimum absolute atomic E-state index is 0.0616. The first-order valence-electron chi connectivity index (χ1n) is 6.74. The summed E-state index contributed by atoms with van der Waals surface area (Å²) in [5.41, 5.74) is 3.57. The lowest BCUT2D eigenvalue weighted by atomic mass is 10.2. The fraction of sp³-hybridized carbons (Fsp3) is 0.267. The van der Waals surface area contributed by atoms with Gasteiger partial charge in [0.1, 0.15) is 0 Å². The van der Waals surface area contributed by atoms with Crippen LogP contribution in [0, 0.1) is 6.92 Å². The molecule has 0 saturated carbocycles. The topological polar surface area (TPSA) is 71.1 Å². The summed E-state index contributed by atoms with van der Waals surface area (Å²) < 4.78 is 25.4. The van der Waals surface area contributed by atoms with Crippen molar-refractivity contribution in [1.82, 2.24) is 4.98 Å². The average molecular weight is 305 g/mol. The van der Waals surface area contributed by atoms with Crippen molar-refractivity contribution in [2.75, 3.05) is 15.8 Å². The third-order valence-corrected chi connectivity index (χ3v) is 4.29. The van der Waals surface area contributed by atoms with Crippen molar-refractivity contribution in [2.45, 2.75) is 20.4 Å². The lowest BCUT2D eigenvalue weighted by Gasteiger charge is -2.09. The lowest BCUT2D eigenvalue weighted by molar-refractivity contribution is 0.602. The first-order chi connectivity index (χ1) is 9.98. The molecule has 0 spiro atoms. The van der Waals surface area contributed by atoms with Gasteiger partial charge in [0.25, 0.3) is 0 Å². The van der Waals surface area contributed by atoms with Gasteiger partial charge in [0.15, 0.2) is 0 Å². The van der Waals surface area contributed by atoms with E-state index in [2.05, 4.69) is 15.0 Å². The normalized spacial score (nSPS) is 11.1. The second-order valence-corrected chi connectivity index (χ2v) is 6.77. The number of pyridine rings is 1. The molecule has 2 N–H and O–H groups in total. The van der Waals surface area contributed by atoms with Crippen LogP contribution in [0.25, 0.3) is 0 Å². The Morgan fingerprint density at radius 1 is 1.05 bits per heavy atom. The van der Waals surface area contributed by atoms with Crippen LogP contribution in [0.5, 0.6) is 0 Å². The van der Waals surface area contributed by atoms with Gasteiger partial charge in [0.05, 0.1) is 18.0 Å². The summed E-state index contributed by atoms with van der Waals surface area (Å²) >= 11 is 0. The monoisotopic (exact) mass is 305 g/mol. The maximum Gasteiger partial charge on any atom is 0.232 e. The first-order valence-corrected chi connectivity index (χ1v) is 8.40. The second-order valence-electron chi connectivity index (χ2n) is 4.76. The number of benzene rings is 1. The van der Waals surface area contributed by atoms with Crippen molar-refractivity contribution in [1.29, 1.82) is 0 Å². The van der Waals surface area contributed by atoms with Crippen LogP contribution in [0.1, 0.15) is 18.2 Å². The number of rotatable bonds is 6. The molecule has 2 rings (SSSR count). The Labute approximate surface area is 125 Å². The lowest BCUT2D eigenvalue weighted by Crippen LogP contribution is -2.14. The Hall–Kier alpha value is -2.08. The molecule has 6 heteroatoms. The van der Waals surface area contributed by atoms with Gasteiger partial charge in [-0.25, -0.2) is 8.42 Å². The fourth-order valence-electron chi connectivity index (χ4n) is 1.70. The molecule has 1 aromatic carbocycles. The molecule has 21 heavy (non-hydrogen) atoms. The summed E-state index contributed by atoms with van der Waals surface area (Å²) in [5.74, 6) is 0.0616. The first kappa shape index (κ1) is 15.3. The molecule has 1 heterocycles. The van der Waals surface area contributed by atoms with Crippen LogP contribution in [-0.4, -0.2) is 19.2 Å². The van der Waals surface area contributed by atoms with E-state index in [1.807, 2.05) is 37.4 Å². The number of aryl methyl sites for hydroxylation is 1. The molecular formula is C15H19N3O2S. The zero-order valence-corrected chi connectivity index (χ0v) is 12.9. The van der Waals surface area contributed by atoms with Gasteiger partial charge in [-0.15, -0.1) is 0 Å². The third-order valence-electron chi connectivity index (χ3n) is 2.98. The number of aromatic nitrogens is 1. The van der Waals surface area contributed by atoms with Crippen molar-refractivity contribution < 1.29 is 8.42 Å². The Morgan fingerprint density at radius 3 is 2.29 bits per heavy atom. The van der Waals surface area contributed by atoms with Crippen molar-refractivity contribution in [2.24, 2.45) is 0 Å². The minimum Gasteiger partial charge on any atom is -0.379 e. The Balaban J connectivity index is 1.95. The van der Waals surface area contributed by atoms with E-state index < -0.39 is 10.0 Å². The van der Waals surface area contributed by atoms with Crippen LogP contribution in [0.15, 0.2) is 42.6 Å². The molecule has 0 unspecified atom stereocenters. The van der Waals surface area contributed by atoms with Gasteiger partial charge in [0, 0.05) is 17.6 Å². The van der Waals surface area contributed by atoms with E-state index in [0.717, 1.165) is 16.9 Å². The van der Waals surface area contributed by atoms with E-state index in [9.17, 15) is 8.42 Å². The van der Waals surface area contributed by atoms with Crippen molar-refractivity contribution in [3.05, 3.63) is 53.9 Å². The Bertz CT molecular complexity index is 680. The molecule has 0 aliphatic carbocycles. The van der Waals surface area contributed by atoms with Gasteiger partial charge >= 0.3 is 0 Å². The summed E-state index contributed by atoms with van der Waals surface area (Å²) in [7, 11) is -3.23. The van der Waals surface area contributed by atoms with Crippen LogP contribution in [0.3, 0.4) is 0 Å². The fourth-order valence-corrected chi connectivity index (χ4v) is 2.34. The molecule has 0 saturated heterocycles. The molecule has 0 bridgehead atoms. The number of nitrogens with zero attached hydrogens (tertiary/aromatic N) is 1. The SMILES string of the molecule is CCS(=O)(=O)Nc1ccc(NCc2ccc(C)cn2)cc1. The molecule has 5 nitrogen and oxygen atoms in total. The standard InChI is InChI=1S/C15H19N3O2S/c1-3-21(19,20)18-14-8-6-13(7-9-14)17-11-15-5-4-12(2)10-16-15/h4-10,17-18H,3,11H2,1-2H3. The number of nitrogens with one attached hydrogen (secondary N) is 2. The van der Waals surface area contributed by atoms with E-state index >= 15 is 0 Å². The number of sulfonamides is 1. The number of anilines is 2. The predicted octanol–water partition coefficient (Wildman–Crippen LogP) is 2.76. The van der Waals surface area contributed by atoms with Gasteiger partial charge in [-0.2, -0.15) is 0 Å². The van der Waals surface area contributed by atoms with Crippen LogP contribution in [0.4, 0.5) is 11.4 Å². The number of hydrogen-bond acceptors (Lipinski definition) is 4. The van der Waals surface area contributed by atoms with Gasteiger partial charge in [-0.1, -0.05) is 6.07 Å². The zero-order valence-electron chi connectivity index (χ0n) is 12.1. The third kappa shape index (κ3) is 4.75.